The van der Waals surface area contributed by atoms with Gasteiger partial charge in [-0.1, -0.05) is 29.8 Å². The Kier molecular flexibility index (Phi) is 3.29. The first-order valence-electron chi connectivity index (χ1n) is 6.20. The van der Waals surface area contributed by atoms with Gasteiger partial charge in [0.15, 0.2) is 0 Å². The fourth-order valence-electron chi connectivity index (χ4n) is 1.95. The van der Waals surface area contributed by atoms with Crippen molar-refractivity contribution in [1.29, 1.82) is 0 Å². The molecule has 0 saturated heterocycles. The van der Waals surface area contributed by atoms with Gasteiger partial charge in [-0.3, -0.25) is 0 Å². The van der Waals surface area contributed by atoms with Crippen LogP contribution in [0.25, 0.3) is 11.3 Å². The molecule has 1 aliphatic rings. The maximum Gasteiger partial charge on any atom is 0.374 e. The van der Waals surface area contributed by atoms with Crippen molar-refractivity contribution in [2.75, 3.05) is 0 Å². The van der Waals surface area contributed by atoms with Gasteiger partial charge in [0.05, 0.1) is 0 Å². The average molecular weight is 275 g/mol. The van der Waals surface area contributed by atoms with Crippen molar-refractivity contribution in [1.82, 2.24) is 5.16 Å². The molecule has 19 heavy (non-hydrogen) atoms. The molecular formula is C14H13NO3S. The summed E-state index contributed by atoms with van der Waals surface area (Å²) in [7, 11) is 0. The Morgan fingerprint density at radius 2 is 2.16 bits per heavy atom. The highest BCUT2D eigenvalue weighted by molar-refractivity contribution is 8.00. The second-order valence-electron chi connectivity index (χ2n) is 4.55. The molecule has 0 unspecified atom stereocenters. The zero-order chi connectivity index (χ0) is 13.2. The molecule has 0 amide bonds. The van der Waals surface area contributed by atoms with Crippen LogP contribution in [0.5, 0.6) is 0 Å². The van der Waals surface area contributed by atoms with Crippen LogP contribution in [0.1, 0.15) is 29.8 Å². The predicted molar refractivity (Wildman–Crippen MR) is 72.4 cm³/mol. The number of thioether (sulfide) groups is 1. The van der Waals surface area contributed by atoms with Gasteiger partial charge in [0.1, 0.15) is 5.69 Å². The first-order chi connectivity index (χ1) is 9.24. The van der Waals surface area contributed by atoms with Gasteiger partial charge in [0.2, 0.25) is 5.76 Å². The van der Waals surface area contributed by atoms with E-state index in [2.05, 4.69) is 5.16 Å². The molecule has 0 spiro atoms. The molecule has 0 aliphatic heterocycles. The molecule has 1 fully saturated rings. The summed E-state index contributed by atoms with van der Waals surface area (Å²) in [6, 6.07) is 9.39. The van der Waals surface area contributed by atoms with Crippen LogP contribution in [0.4, 0.5) is 0 Å². The number of carbonyl (C=O) groups is 1. The van der Waals surface area contributed by atoms with Gasteiger partial charge in [-0.25, -0.2) is 4.79 Å². The minimum Gasteiger partial charge on any atom is -0.475 e. The Hall–Kier alpha value is -1.75. The van der Waals surface area contributed by atoms with Crippen molar-refractivity contribution in [3.63, 3.8) is 0 Å². The Balaban J connectivity index is 1.91. The number of rotatable bonds is 4. The fourth-order valence-corrected chi connectivity index (χ4v) is 3.34. The number of carboxylic acid groups (broad SMARTS) is 1. The van der Waals surface area contributed by atoms with Gasteiger partial charge < -0.3 is 9.63 Å². The van der Waals surface area contributed by atoms with E-state index in [4.69, 9.17) is 9.63 Å². The highest BCUT2D eigenvalue weighted by Crippen LogP contribution is 2.40. The number of nitrogens with zero attached hydrogens (tertiary/aromatic N) is 1. The quantitative estimate of drug-likeness (QED) is 0.922. The number of aromatic nitrogens is 1. The monoisotopic (exact) mass is 275 g/mol. The predicted octanol–water partition coefficient (Wildman–Crippen LogP) is 3.68. The van der Waals surface area contributed by atoms with E-state index in [0.717, 1.165) is 10.5 Å². The first kappa shape index (κ1) is 12.3. The summed E-state index contributed by atoms with van der Waals surface area (Å²) in [6.07, 6.45) is 3.79. The van der Waals surface area contributed by atoms with Crippen molar-refractivity contribution in [3.05, 3.63) is 36.1 Å². The molecule has 98 valence electrons. The Bertz CT molecular complexity index is 604. The molecule has 4 nitrogen and oxygen atoms in total. The molecule has 1 saturated carbocycles. The molecule has 0 atom stereocenters. The molecule has 0 bridgehead atoms. The van der Waals surface area contributed by atoms with Crippen molar-refractivity contribution in [3.8, 4) is 11.3 Å². The molecule has 1 N–H and O–H groups in total. The SMILES string of the molecule is O=C(O)c1cc(-c2ccccc2SC2CCC2)no1. The Morgan fingerprint density at radius 1 is 1.37 bits per heavy atom. The summed E-state index contributed by atoms with van der Waals surface area (Å²) >= 11 is 1.84. The molecule has 5 heteroatoms. The topological polar surface area (TPSA) is 63.3 Å². The standard InChI is InChI=1S/C14H13NO3S/c16-14(17)12-8-11(15-18-12)10-6-1-2-7-13(10)19-9-4-3-5-9/h1-2,6-9H,3-5H2,(H,16,17). The van der Waals surface area contributed by atoms with Gasteiger partial charge in [-0.2, -0.15) is 0 Å². The average Bonchev–Trinajstić information content (AvgIpc) is 2.84. The lowest BCUT2D eigenvalue weighted by Gasteiger charge is -2.25. The largest absolute Gasteiger partial charge is 0.475 e. The number of benzene rings is 1. The van der Waals surface area contributed by atoms with Crippen molar-refractivity contribution in [2.24, 2.45) is 0 Å². The van der Waals surface area contributed by atoms with E-state index < -0.39 is 5.97 Å². The summed E-state index contributed by atoms with van der Waals surface area (Å²) in [6.45, 7) is 0. The van der Waals surface area contributed by atoms with Crippen molar-refractivity contribution in [2.45, 2.75) is 29.4 Å². The number of hydrogen-bond acceptors (Lipinski definition) is 4. The van der Waals surface area contributed by atoms with Crippen LogP contribution in [0.3, 0.4) is 0 Å². The van der Waals surface area contributed by atoms with Crippen LogP contribution in [-0.4, -0.2) is 21.5 Å². The van der Waals surface area contributed by atoms with Crippen LogP contribution in [0, 0.1) is 0 Å². The lowest BCUT2D eigenvalue weighted by atomic mass is 10.00. The van der Waals surface area contributed by atoms with Crippen LogP contribution in [0.2, 0.25) is 0 Å². The summed E-state index contributed by atoms with van der Waals surface area (Å²) in [5.74, 6) is -1.22. The third kappa shape index (κ3) is 2.51. The molecule has 1 aromatic carbocycles. The lowest BCUT2D eigenvalue weighted by molar-refractivity contribution is 0.0652. The minimum atomic E-state index is -1.09. The van der Waals surface area contributed by atoms with Crippen LogP contribution >= 0.6 is 11.8 Å². The molecule has 1 aliphatic carbocycles. The van der Waals surface area contributed by atoms with Crippen LogP contribution in [0.15, 0.2) is 39.8 Å². The molecule has 1 aromatic heterocycles. The molecule has 2 aromatic rings. The molecule has 0 radical (unpaired) electrons. The van der Waals surface area contributed by atoms with Gasteiger partial charge in [0, 0.05) is 21.8 Å². The third-order valence-corrected chi connectivity index (χ3v) is 4.64. The number of hydrogen-bond donors (Lipinski definition) is 1. The van der Waals surface area contributed by atoms with Gasteiger partial charge in [-0.15, -0.1) is 11.8 Å². The first-order valence-corrected chi connectivity index (χ1v) is 7.08. The molecular weight excluding hydrogens is 262 g/mol. The highest BCUT2D eigenvalue weighted by atomic mass is 32.2. The van der Waals surface area contributed by atoms with E-state index in [1.165, 1.54) is 25.3 Å². The summed E-state index contributed by atoms with van der Waals surface area (Å²) in [5, 5.41) is 13.4. The van der Waals surface area contributed by atoms with Gasteiger partial charge >= 0.3 is 5.97 Å². The van der Waals surface area contributed by atoms with E-state index in [0.29, 0.717) is 10.9 Å². The maximum atomic E-state index is 10.8. The normalized spacial score (nSPS) is 15.2. The van der Waals surface area contributed by atoms with E-state index in [9.17, 15) is 4.79 Å². The zero-order valence-electron chi connectivity index (χ0n) is 10.2. The minimum absolute atomic E-state index is 0.126. The van der Waals surface area contributed by atoms with Gasteiger partial charge in [0.25, 0.3) is 0 Å². The smallest absolute Gasteiger partial charge is 0.374 e. The third-order valence-electron chi connectivity index (χ3n) is 3.23. The summed E-state index contributed by atoms with van der Waals surface area (Å²) < 4.78 is 4.82. The van der Waals surface area contributed by atoms with E-state index >= 15 is 0 Å². The second kappa shape index (κ2) is 5.09. The maximum absolute atomic E-state index is 10.8. The van der Waals surface area contributed by atoms with E-state index in [1.807, 2.05) is 36.0 Å². The Morgan fingerprint density at radius 3 is 2.79 bits per heavy atom. The summed E-state index contributed by atoms with van der Waals surface area (Å²) in [4.78, 5) is 12.0. The van der Waals surface area contributed by atoms with Crippen LogP contribution in [-0.2, 0) is 0 Å². The van der Waals surface area contributed by atoms with E-state index in [1.54, 1.807) is 0 Å². The highest BCUT2D eigenvalue weighted by Gasteiger charge is 2.21. The zero-order valence-corrected chi connectivity index (χ0v) is 11.0. The summed E-state index contributed by atoms with van der Waals surface area (Å²) in [5.41, 5.74) is 1.52. The number of aromatic carboxylic acids is 1. The fraction of sp³-hybridized carbons (Fsp3) is 0.286. The van der Waals surface area contributed by atoms with Crippen molar-refractivity contribution < 1.29 is 14.4 Å². The lowest BCUT2D eigenvalue weighted by Crippen LogP contribution is -2.12. The van der Waals surface area contributed by atoms with Gasteiger partial charge in [-0.05, 0) is 18.9 Å². The van der Waals surface area contributed by atoms with Crippen LogP contribution < -0.4 is 0 Å². The number of carboxylic acids is 1. The second-order valence-corrected chi connectivity index (χ2v) is 5.89. The Labute approximate surface area is 114 Å². The van der Waals surface area contributed by atoms with Crippen molar-refractivity contribution >= 4 is 17.7 Å². The molecule has 3 rings (SSSR count). The van der Waals surface area contributed by atoms with E-state index in [-0.39, 0.29) is 5.76 Å². The molecule has 1 heterocycles.